The van der Waals surface area contributed by atoms with E-state index in [1.165, 1.54) is 23.9 Å². The van der Waals surface area contributed by atoms with Gasteiger partial charge in [0.15, 0.2) is 0 Å². The average Bonchev–Trinajstić information content (AvgIpc) is 2.45. The van der Waals surface area contributed by atoms with Gasteiger partial charge in [-0.2, -0.15) is 0 Å². The van der Waals surface area contributed by atoms with Gasteiger partial charge in [-0.1, -0.05) is 30.3 Å². The number of nitro groups is 2. The Bertz CT molecular complexity index is 603. The lowest BCUT2D eigenvalue weighted by atomic mass is 10.2. The largest absolute Gasteiger partial charge is 0.282 e. The highest BCUT2D eigenvalue weighted by Gasteiger charge is 2.16. The van der Waals surface area contributed by atoms with Gasteiger partial charge in [-0.15, -0.1) is 11.8 Å². The van der Waals surface area contributed by atoms with Crippen molar-refractivity contribution < 1.29 is 9.85 Å². The average molecular weight is 290 g/mol. The molecule has 0 atom stereocenters. The van der Waals surface area contributed by atoms with Gasteiger partial charge in [-0.3, -0.25) is 20.2 Å². The zero-order chi connectivity index (χ0) is 14.5. The van der Waals surface area contributed by atoms with Crippen molar-refractivity contribution in [1.82, 2.24) is 0 Å². The van der Waals surface area contributed by atoms with E-state index in [0.717, 1.165) is 0 Å². The van der Waals surface area contributed by atoms with Crippen LogP contribution in [0.15, 0.2) is 53.4 Å². The summed E-state index contributed by atoms with van der Waals surface area (Å²) in [7, 11) is 0. The molecular weight excluding hydrogens is 280 g/mol. The summed E-state index contributed by atoms with van der Waals surface area (Å²) in [5, 5.41) is 21.8. The van der Waals surface area contributed by atoms with Gasteiger partial charge in [-0.25, -0.2) is 0 Å². The van der Waals surface area contributed by atoms with Crippen molar-refractivity contribution in [3.8, 4) is 0 Å². The van der Waals surface area contributed by atoms with Crippen LogP contribution in [0.5, 0.6) is 0 Å². The van der Waals surface area contributed by atoms with Crippen LogP contribution >= 0.6 is 11.8 Å². The molecule has 0 amide bonds. The van der Waals surface area contributed by atoms with Crippen molar-refractivity contribution in [2.24, 2.45) is 0 Å². The number of hydrogen-bond acceptors (Lipinski definition) is 5. The summed E-state index contributed by atoms with van der Waals surface area (Å²) in [5.41, 5.74) is 0.579. The number of thioether (sulfide) groups is 1. The van der Waals surface area contributed by atoms with Crippen molar-refractivity contribution >= 4 is 23.1 Å². The second kappa shape index (κ2) is 6.16. The number of nitrogens with zero attached hydrogens (tertiary/aromatic N) is 2. The van der Waals surface area contributed by atoms with Crippen LogP contribution in [-0.4, -0.2) is 9.85 Å². The molecule has 0 unspecified atom stereocenters. The van der Waals surface area contributed by atoms with E-state index in [-0.39, 0.29) is 11.4 Å². The molecule has 2 aromatic carbocycles. The minimum Gasteiger partial charge on any atom is -0.258 e. The standard InChI is InChI=1S/C13H10N2O4S/c16-14(17)11-6-2-1-5-10(11)9-20-13-8-4-3-7-12(13)15(18)19/h1-8H,9H2. The van der Waals surface area contributed by atoms with Crippen LogP contribution < -0.4 is 0 Å². The van der Waals surface area contributed by atoms with Gasteiger partial charge in [0.05, 0.1) is 14.7 Å². The molecule has 0 spiro atoms. The summed E-state index contributed by atoms with van der Waals surface area (Å²) in [6.07, 6.45) is 0. The lowest BCUT2D eigenvalue weighted by Gasteiger charge is -2.04. The fourth-order valence-corrected chi connectivity index (χ4v) is 2.72. The van der Waals surface area contributed by atoms with Gasteiger partial charge < -0.3 is 0 Å². The molecule has 102 valence electrons. The molecule has 0 aliphatic heterocycles. The normalized spacial score (nSPS) is 10.2. The molecule has 0 bridgehead atoms. The molecule has 20 heavy (non-hydrogen) atoms. The van der Waals surface area contributed by atoms with E-state index >= 15 is 0 Å². The molecule has 6 nitrogen and oxygen atoms in total. The Balaban J connectivity index is 2.22. The van der Waals surface area contributed by atoms with Crippen LogP contribution in [0.2, 0.25) is 0 Å². The van der Waals surface area contributed by atoms with Crippen molar-refractivity contribution in [2.45, 2.75) is 10.6 Å². The summed E-state index contributed by atoms with van der Waals surface area (Å²) in [5.74, 6) is 0.308. The molecule has 0 saturated heterocycles. The highest BCUT2D eigenvalue weighted by atomic mass is 32.2. The van der Waals surface area contributed by atoms with E-state index in [2.05, 4.69) is 0 Å². The van der Waals surface area contributed by atoms with Crippen molar-refractivity contribution in [3.63, 3.8) is 0 Å². The molecule has 0 fully saturated rings. The van der Waals surface area contributed by atoms with Crippen LogP contribution in [0, 0.1) is 20.2 Å². The van der Waals surface area contributed by atoms with Crippen molar-refractivity contribution in [3.05, 3.63) is 74.3 Å². The van der Waals surface area contributed by atoms with Crippen molar-refractivity contribution in [2.75, 3.05) is 0 Å². The smallest absolute Gasteiger partial charge is 0.258 e. The third kappa shape index (κ3) is 3.12. The molecule has 0 aromatic heterocycles. The second-order valence-corrected chi connectivity index (χ2v) is 4.92. The molecule has 0 heterocycles. The summed E-state index contributed by atoms with van der Waals surface area (Å²) < 4.78 is 0. The third-order valence-electron chi connectivity index (χ3n) is 2.63. The zero-order valence-corrected chi connectivity index (χ0v) is 11.1. The number of rotatable bonds is 5. The minimum atomic E-state index is -0.457. The van der Waals surface area contributed by atoms with Crippen LogP contribution in [0.1, 0.15) is 5.56 Å². The van der Waals surface area contributed by atoms with Crippen LogP contribution in [-0.2, 0) is 5.75 Å². The first-order chi connectivity index (χ1) is 9.59. The van der Waals surface area contributed by atoms with E-state index < -0.39 is 9.85 Å². The summed E-state index contributed by atoms with van der Waals surface area (Å²) in [6, 6.07) is 12.7. The van der Waals surface area contributed by atoms with E-state index in [0.29, 0.717) is 16.2 Å². The molecule has 0 N–H and O–H groups in total. The molecule has 7 heteroatoms. The maximum atomic E-state index is 10.9. The maximum absolute atomic E-state index is 10.9. The van der Waals surface area contributed by atoms with E-state index in [1.807, 2.05) is 0 Å². The monoisotopic (exact) mass is 290 g/mol. The highest BCUT2D eigenvalue weighted by Crippen LogP contribution is 2.33. The minimum absolute atomic E-state index is 0.0103. The van der Waals surface area contributed by atoms with Crippen LogP contribution in [0.25, 0.3) is 0 Å². The predicted octanol–water partition coefficient (Wildman–Crippen LogP) is 3.80. The Kier molecular flexibility index (Phi) is 4.31. The predicted molar refractivity (Wildman–Crippen MR) is 75.8 cm³/mol. The molecule has 0 saturated carbocycles. The second-order valence-electron chi connectivity index (χ2n) is 3.90. The van der Waals surface area contributed by atoms with Crippen molar-refractivity contribution in [1.29, 1.82) is 0 Å². The summed E-state index contributed by atoms with van der Waals surface area (Å²) in [4.78, 5) is 21.4. The first-order valence-electron chi connectivity index (χ1n) is 5.68. The summed E-state index contributed by atoms with van der Waals surface area (Å²) in [6.45, 7) is 0. The molecule has 0 aliphatic rings. The Labute approximate surface area is 118 Å². The summed E-state index contributed by atoms with van der Waals surface area (Å²) >= 11 is 1.21. The van der Waals surface area contributed by atoms with Gasteiger partial charge in [0, 0.05) is 23.4 Å². The van der Waals surface area contributed by atoms with E-state index in [1.54, 1.807) is 36.4 Å². The van der Waals surface area contributed by atoms with Gasteiger partial charge in [0.1, 0.15) is 0 Å². The van der Waals surface area contributed by atoms with Crippen LogP contribution in [0.3, 0.4) is 0 Å². The number of nitro benzene ring substituents is 2. The molecule has 0 radical (unpaired) electrons. The Morgan fingerprint density at radius 1 is 0.850 bits per heavy atom. The Hall–Kier alpha value is -2.41. The number of para-hydroxylation sites is 2. The van der Waals surface area contributed by atoms with Crippen LogP contribution in [0.4, 0.5) is 11.4 Å². The lowest BCUT2D eigenvalue weighted by Crippen LogP contribution is -1.94. The quantitative estimate of drug-likeness (QED) is 0.475. The number of benzene rings is 2. The Morgan fingerprint density at radius 3 is 2.05 bits per heavy atom. The topological polar surface area (TPSA) is 86.3 Å². The first kappa shape index (κ1) is 14.0. The third-order valence-corrected chi connectivity index (χ3v) is 3.75. The number of hydrogen-bond donors (Lipinski definition) is 0. The zero-order valence-electron chi connectivity index (χ0n) is 10.3. The van der Waals surface area contributed by atoms with Gasteiger partial charge in [-0.05, 0) is 6.07 Å². The molecule has 2 aromatic rings. The van der Waals surface area contributed by atoms with Gasteiger partial charge in [0.25, 0.3) is 11.4 Å². The molecule has 0 aliphatic carbocycles. The fraction of sp³-hybridized carbons (Fsp3) is 0.0769. The van der Waals surface area contributed by atoms with Gasteiger partial charge in [0.2, 0.25) is 0 Å². The van der Waals surface area contributed by atoms with E-state index in [9.17, 15) is 20.2 Å². The fourth-order valence-electron chi connectivity index (χ4n) is 1.70. The molecule has 2 rings (SSSR count). The highest BCUT2D eigenvalue weighted by molar-refractivity contribution is 7.98. The van der Waals surface area contributed by atoms with Gasteiger partial charge >= 0.3 is 0 Å². The lowest BCUT2D eigenvalue weighted by molar-refractivity contribution is -0.387. The Morgan fingerprint density at radius 2 is 1.40 bits per heavy atom. The maximum Gasteiger partial charge on any atom is 0.282 e. The SMILES string of the molecule is O=[N+]([O-])c1ccccc1CSc1ccccc1[N+](=O)[O-]. The van der Waals surface area contributed by atoms with E-state index in [4.69, 9.17) is 0 Å². The first-order valence-corrected chi connectivity index (χ1v) is 6.66. The molecular formula is C13H10N2O4S.